The van der Waals surface area contributed by atoms with Gasteiger partial charge in [-0.05, 0) is 85.9 Å². The van der Waals surface area contributed by atoms with E-state index in [4.69, 9.17) is 24.2 Å². The predicted molar refractivity (Wildman–Crippen MR) is 296 cm³/mol. The minimum Gasteiger partial charge on any atom is -0.486 e. The van der Waals surface area contributed by atoms with Crippen LogP contribution in [0.4, 0.5) is 10.2 Å². The molecule has 0 radical (unpaired) electrons. The van der Waals surface area contributed by atoms with Crippen molar-refractivity contribution in [3.63, 3.8) is 0 Å². The minimum absolute atomic E-state index is 0.0186. The average molecular weight is 1090 g/mol. The molecule has 19 nitrogen and oxygen atoms in total. The van der Waals surface area contributed by atoms with Gasteiger partial charge in [0.2, 0.25) is 11.8 Å². The van der Waals surface area contributed by atoms with Crippen LogP contribution in [0.3, 0.4) is 0 Å². The van der Waals surface area contributed by atoms with Crippen molar-refractivity contribution < 1.29 is 38.4 Å². The van der Waals surface area contributed by atoms with Gasteiger partial charge in [-0.1, -0.05) is 61.2 Å². The number of fused-ring (bicyclic) bond motifs is 5. The van der Waals surface area contributed by atoms with Crippen molar-refractivity contribution >= 4 is 61.0 Å². The van der Waals surface area contributed by atoms with Gasteiger partial charge in [0.25, 0.3) is 0 Å². The molecule has 21 heteroatoms. The van der Waals surface area contributed by atoms with Crippen LogP contribution in [0, 0.1) is 30.5 Å². The molecular weight excluding hydrogens is 1030 g/mol. The van der Waals surface area contributed by atoms with Gasteiger partial charge in [0.15, 0.2) is 5.75 Å². The van der Waals surface area contributed by atoms with Crippen LogP contribution in [-0.4, -0.2) is 143 Å². The molecule has 0 unspecified atom stereocenters. The summed E-state index contributed by atoms with van der Waals surface area (Å²) in [6.45, 7) is 8.96. The Hall–Kier alpha value is -7.61. The molecule has 8 aromatic rings. The van der Waals surface area contributed by atoms with E-state index in [0.29, 0.717) is 39.6 Å². The Bertz CT molecular complexity index is 3680. The zero-order valence-electron chi connectivity index (χ0n) is 44.4. The van der Waals surface area contributed by atoms with Crippen LogP contribution in [0.15, 0.2) is 72.5 Å². The van der Waals surface area contributed by atoms with E-state index < -0.39 is 42.7 Å². The van der Waals surface area contributed by atoms with Crippen molar-refractivity contribution in [1.29, 1.82) is 0 Å². The van der Waals surface area contributed by atoms with E-state index in [-0.39, 0.29) is 62.0 Å². The molecule has 7 heterocycles. The first-order chi connectivity index (χ1) is 38.3. The number of aromatic amines is 1. The number of nitrogens with one attached hydrogen (secondary N) is 3. The first kappa shape index (κ1) is 52.1. The fourth-order valence-electron chi connectivity index (χ4n) is 11.4. The Labute approximate surface area is 458 Å². The number of carbonyl (C=O) groups is 2. The van der Waals surface area contributed by atoms with E-state index in [9.17, 15) is 19.8 Å². The Morgan fingerprint density at radius 1 is 1.03 bits per heavy atom. The molecule has 2 bridgehead atoms. The number of ether oxygens (including phenoxy) is 3. The number of benzene rings is 4. The number of halogens is 1. The molecule has 1 aliphatic carbocycles. The number of nitrogens with zero attached hydrogens (tertiary/aromatic N) is 9. The van der Waals surface area contributed by atoms with E-state index >= 15 is 4.39 Å². The van der Waals surface area contributed by atoms with Crippen molar-refractivity contribution in [2.75, 3.05) is 44.9 Å². The van der Waals surface area contributed by atoms with Crippen LogP contribution >= 0.6 is 11.3 Å². The maximum atomic E-state index is 16.1. The average Bonchev–Trinajstić information content (AvgIpc) is 4.37. The summed E-state index contributed by atoms with van der Waals surface area (Å²) in [5, 5.41) is 45.4. The van der Waals surface area contributed by atoms with Crippen LogP contribution in [0.5, 0.6) is 11.8 Å². The lowest BCUT2D eigenvalue weighted by atomic mass is 9.88. The van der Waals surface area contributed by atoms with Crippen molar-refractivity contribution in [3.05, 3.63) is 101 Å². The number of rotatable bonds is 17. The molecule has 3 saturated heterocycles. The third-order valence-electron chi connectivity index (χ3n) is 15.7. The quantitative estimate of drug-likeness (QED) is 0.0605. The topological polar surface area (TPSA) is 231 Å². The second-order valence-electron chi connectivity index (χ2n) is 21.5. The fraction of sp³-hybridized carbons (Fsp3) is 0.414. The number of aliphatic hydroxyl groups excluding tert-OH is 2. The van der Waals surface area contributed by atoms with Crippen LogP contribution < -0.4 is 25.0 Å². The van der Waals surface area contributed by atoms with Gasteiger partial charge in [-0.15, -0.1) is 16.4 Å². The molecule has 5 N–H and O–H groups in total. The lowest BCUT2D eigenvalue weighted by Crippen LogP contribution is -2.51. The lowest BCUT2D eigenvalue weighted by molar-refractivity contribution is -0.142. The maximum absolute atomic E-state index is 16.1. The Balaban J connectivity index is 0.829. The number of anilines is 1. The van der Waals surface area contributed by atoms with Gasteiger partial charge in [0.05, 0.1) is 52.5 Å². The number of carbonyl (C=O) groups excluding carboxylic acids is 2. The van der Waals surface area contributed by atoms with Crippen LogP contribution in [-0.2, 0) is 20.9 Å². The van der Waals surface area contributed by atoms with Crippen molar-refractivity contribution in [3.8, 4) is 46.0 Å². The standard InChI is InChI=1S/C58H61FN12O7S/c1-30(2)52(57(75)70-24-40(73)18-48(70)56(74)63-37(26-72)16-15-36-7-6-8-45-54(36)79-29-61-45)71-25-47(67-68-71)35-11-9-33(10-12-35)28-77-53-50(49-32(4)44(59)20-46-43(49)22-62-66-46)41(34-13-14-34)19-42-51(53)64-58(78-27-31(3)76-5)65-55(42)69-23-38-17-39(69)21-60-38/h6-12,19-20,22,25,29-31,34,37-40,48,52,60,72-73H,13-14,17-18,21,23-24,26-28H2,1-5H3,(H,62,66)(H,63,74)/t31-,37+,38-,39-,40+,48-,52-/m0/s1. The van der Waals surface area contributed by atoms with Crippen molar-refractivity contribution in [2.45, 2.75) is 108 Å². The minimum atomic E-state index is -1.01. The molecule has 4 aromatic carbocycles. The SMILES string of the molecule is CO[C@@H](C)COc1nc(N2C[C@@H]3C[C@H]2CN3)c2cc(C3CC3)c(-c3c(C)c(F)cc4[nH]ncc34)c(OCc3ccc(-c4cn([C@H](C(=O)N5C[C@H](O)C[C@H]5C(=O)N[C@H](C#Cc5cccc6ncsc56)CO)C(C)C)nn4)cc3)c2n1. The monoisotopic (exact) mass is 1090 g/mol. The van der Waals surface area contributed by atoms with Crippen LogP contribution in [0.2, 0.25) is 0 Å². The van der Waals surface area contributed by atoms with Gasteiger partial charge in [0.1, 0.15) is 54.2 Å². The normalized spacial score (nSPS) is 20.1. The number of likely N-dealkylation sites (tertiary alicyclic amines) is 1. The Morgan fingerprint density at radius 2 is 1.86 bits per heavy atom. The number of piperazine rings is 1. The molecule has 408 valence electrons. The number of amides is 2. The maximum Gasteiger partial charge on any atom is 0.319 e. The van der Waals surface area contributed by atoms with E-state index in [1.165, 1.54) is 27.0 Å². The van der Waals surface area contributed by atoms with Crippen molar-refractivity contribution in [1.82, 2.24) is 55.7 Å². The second kappa shape index (κ2) is 21.6. The highest BCUT2D eigenvalue weighted by atomic mass is 32.1. The fourth-order valence-corrected chi connectivity index (χ4v) is 12.1. The number of H-pyrrole nitrogens is 1. The Kier molecular flexibility index (Phi) is 14.2. The predicted octanol–water partition coefficient (Wildman–Crippen LogP) is 6.60. The number of aliphatic hydroxyl groups is 2. The number of thiazole rings is 1. The van der Waals surface area contributed by atoms with Crippen molar-refractivity contribution in [2.24, 2.45) is 5.92 Å². The summed E-state index contributed by atoms with van der Waals surface area (Å²) < 4.78 is 37.4. The summed E-state index contributed by atoms with van der Waals surface area (Å²) in [5.74, 6) is 5.93. The van der Waals surface area contributed by atoms with Gasteiger partial charge >= 0.3 is 6.01 Å². The summed E-state index contributed by atoms with van der Waals surface area (Å²) in [6.07, 6.45) is 5.25. The summed E-state index contributed by atoms with van der Waals surface area (Å²) >= 11 is 1.45. The van der Waals surface area contributed by atoms with E-state index in [0.717, 1.165) is 87.0 Å². The van der Waals surface area contributed by atoms with E-state index in [1.807, 2.05) is 63.2 Å². The van der Waals surface area contributed by atoms with E-state index in [1.54, 1.807) is 31.9 Å². The van der Waals surface area contributed by atoms with Gasteiger partial charge in [0, 0.05) is 78.3 Å². The first-order valence-electron chi connectivity index (χ1n) is 26.9. The van der Waals surface area contributed by atoms with Gasteiger partial charge in [-0.2, -0.15) is 15.1 Å². The first-order valence-corrected chi connectivity index (χ1v) is 27.8. The van der Waals surface area contributed by atoms with Gasteiger partial charge < -0.3 is 44.9 Å². The largest absolute Gasteiger partial charge is 0.486 e. The molecule has 2 amide bonds. The lowest BCUT2D eigenvalue weighted by Gasteiger charge is -2.30. The molecule has 3 aliphatic heterocycles. The molecule has 4 aromatic heterocycles. The molecular formula is C58H61FN12O7S. The smallest absolute Gasteiger partial charge is 0.319 e. The highest BCUT2D eigenvalue weighted by Gasteiger charge is 2.44. The van der Waals surface area contributed by atoms with Gasteiger partial charge in [-0.25, -0.2) is 14.1 Å². The summed E-state index contributed by atoms with van der Waals surface area (Å²) in [7, 11) is 1.63. The molecule has 4 fully saturated rings. The summed E-state index contributed by atoms with van der Waals surface area (Å²) in [4.78, 5) is 46.7. The summed E-state index contributed by atoms with van der Waals surface area (Å²) in [5.41, 5.74) is 9.45. The highest BCUT2D eigenvalue weighted by Crippen LogP contribution is 2.53. The van der Waals surface area contributed by atoms with Crippen LogP contribution in [0.25, 0.3) is 54.4 Å². The number of hydrogen-bond acceptors (Lipinski definition) is 16. The molecule has 12 rings (SSSR count). The molecule has 4 aliphatic rings. The molecule has 0 spiro atoms. The zero-order chi connectivity index (χ0) is 54.6. The molecule has 7 atom stereocenters. The Morgan fingerprint density at radius 3 is 2.61 bits per heavy atom. The summed E-state index contributed by atoms with van der Waals surface area (Å²) in [6, 6.07) is 15.0. The number of hydrogen-bond donors (Lipinski definition) is 5. The van der Waals surface area contributed by atoms with Crippen LogP contribution in [0.1, 0.15) is 80.7 Å². The third-order valence-corrected chi connectivity index (χ3v) is 16.6. The van der Waals surface area contributed by atoms with Gasteiger partial charge in [-0.3, -0.25) is 14.7 Å². The third kappa shape index (κ3) is 10.1. The molecule has 79 heavy (non-hydrogen) atoms. The van der Waals surface area contributed by atoms with E-state index in [2.05, 4.69) is 58.9 Å². The molecule has 1 saturated carbocycles. The zero-order valence-corrected chi connectivity index (χ0v) is 45.3. The number of β-amino-alcohol motifs (C(OH)–C–C–N with tert-alkyl or cyclic N) is 1. The second-order valence-corrected chi connectivity index (χ2v) is 22.4. The number of aromatic nitrogens is 8. The highest BCUT2D eigenvalue weighted by molar-refractivity contribution is 7.17. The number of methoxy groups -OCH3 is 1.